The molecule has 0 saturated carbocycles. The van der Waals surface area contributed by atoms with Crippen LogP contribution in [-0.2, 0) is 16.2 Å². The van der Waals surface area contributed by atoms with E-state index < -0.39 is 61.9 Å². The molecule has 216 valence electrons. The summed E-state index contributed by atoms with van der Waals surface area (Å²) >= 11 is 5.87. The van der Waals surface area contributed by atoms with Crippen molar-refractivity contribution in [2.24, 2.45) is 0 Å². The van der Waals surface area contributed by atoms with Gasteiger partial charge in [0.05, 0.1) is 34.5 Å². The first-order valence-corrected chi connectivity index (χ1v) is 13.8. The Morgan fingerprint density at radius 1 is 1.10 bits per heavy atom. The van der Waals surface area contributed by atoms with Gasteiger partial charge in [-0.3, -0.25) is 9.59 Å². The molecule has 0 aliphatic rings. The number of rotatable bonds is 6. The molecule has 4 aromatic rings. The third kappa shape index (κ3) is 6.33. The maximum atomic E-state index is 14.6. The first kappa shape index (κ1) is 29.9. The summed E-state index contributed by atoms with van der Waals surface area (Å²) in [6, 6.07) is 5.18. The average Bonchev–Trinajstić information content (AvgIpc) is 2.85. The van der Waals surface area contributed by atoms with Gasteiger partial charge in [0, 0.05) is 17.2 Å². The summed E-state index contributed by atoms with van der Waals surface area (Å²) in [6.45, 7) is 2.61. The van der Waals surface area contributed by atoms with E-state index in [1.807, 2.05) is 0 Å². The van der Waals surface area contributed by atoms with Crippen molar-refractivity contribution in [3.05, 3.63) is 91.9 Å². The highest BCUT2D eigenvalue weighted by Gasteiger charge is 2.33. The Morgan fingerprint density at radius 2 is 1.78 bits per heavy atom. The first-order chi connectivity index (χ1) is 19.0. The minimum absolute atomic E-state index is 0.118. The summed E-state index contributed by atoms with van der Waals surface area (Å²) in [5, 5.41) is 2.13. The molecular formula is C26H19ClF5N3O5S. The lowest BCUT2D eigenvalue weighted by atomic mass is 9.98. The van der Waals surface area contributed by atoms with E-state index in [4.69, 9.17) is 16.0 Å². The summed E-state index contributed by atoms with van der Waals surface area (Å²) in [5.41, 5.74) is -3.75. The van der Waals surface area contributed by atoms with E-state index in [1.54, 1.807) is 4.72 Å². The predicted octanol–water partition coefficient (Wildman–Crippen LogP) is 5.98. The lowest BCUT2D eigenvalue weighted by Gasteiger charge is -2.21. The maximum Gasteiger partial charge on any atom is 0.416 e. The number of nitrogens with zero attached hydrogens (tertiary/aromatic N) is 1. The molecule has 1 atom stereocenters. The molecule has 0 saturated heterocycles. The van der Waals surface area contributed by atoms with Crippen molar-refractivity contribution in [2.45, 2.75) is 26.1 Å². The number of amides is 1. The smallest absolute Gasteiger partial charge is 0.416 e. The SMILES string of the molecule is Cc1c(-c2ccc(F)cc2F)oc2c(C(C)Nc3ccc(Cl)nc3C(=O)NS(C)(=O)=O)cc(C(F)(F)F)cc2c1=O. The second-order valence-electron chi connectivity index (χ2n) is 9.05. The molecule has 1 unspecified atom stereocenters. The number of carbonyl (C=O) groups is 1. The van der Waals surface area contributed by atoms with E-state index in [1.165, 1.54) is 26.0 Å². The zero-order valence-electron chi connectivity index (χ0n) is 21.3. The van der Waals surface area contributed by atoms with Gasteiger partial charge in [0.1, 0.15) is 28.1 Å². The number of benzene rings is 2. The number of aromatic nitrogens is 1. The Hall–Kier alpha value is -4.04. The molecule has 2 aromatic heterocycles. The van der Waals surface area contributed by atoms with Crippen LogP contribution in [0.5, 0.6) is 0 Å². The highest BCUT2D eigenvalue weighted by molar-refractivity contribution is 7.89. The normalized spacial score (nSPS) is 12.8. The van der Waals surface area contributed by atoms with Crippen LogP contribution in [0.3, 0.4) is 0 Å². The third-order valence-electron chi connectivity index (χ3n) is 5.94. The molecule has 0 spiro atoms. The summed E-state index contributed by atoms with van der Waals surface area (Å²) < 4.78 is 100. The van der Waals surface area contributed by atoms with Gasteiger partial charge in [0.15, 0.2) is 11.1 Å². The maximum absolute atomic E-state index is 14.6. The van der Waals surface area contributed by atoms with Gasteiger partial charge < -0.3 is 9.73 Å². The van der Waals surface area contributed by atoms with Crippen molar-refractivity contribution in [3.8, 4) is 11.3 Å². The Labute approximate surface area is 234 Å². The minimum atomic E-state index is -4.88. The number of alkyl halides is 3. The molecule has 0 aliphatic carbocycles. The fourth-order valence-corrected chi connectivity index (χ4v) is 4.67. The van der Waals surface area contributed by atoms with Gasteiger partial charge in [-0.2, -0.15) is 13.2 Å². The second kappa shape index (κ2) is 10.7. The number of anilines is 1. The molecule has 2 N–H and O–H groups in total. The summed E-state index contributed by atoms with van der Waals surface area (Å²) in [7, 11) is -4.02. The Morgan fingerprint density at radius 3 is 2.39 bits per heavy atom. The number of hydrogen-bond donors (Lipinski definition) is 2. The Kier molecular flexibility index (Phi) is 7.84. The van der Waals surface area contributed by atoms with Gasteiger partial charge in [0.2, 0.25) is 10.0 Å². The largest absolute Gasteiger partial charge is 0.455 e. The second-order valence-corrected chi connectivity index (χ2v) is 11.2. The fourth-order valence-electron chi connectivity index (χ4n) is 4.09. The van der Waals surface area contributed by atoms with Crippen molar-refractivity contribution < 1.29 is 39.6 Å². The van der Waals surface area contributed by atoms with Crippen LogP contribution in [0.25, 0.3) is 22.3 Å². The highest BCUT2D eigenvalue weighted by atomic mass is 35.5. The summed E-state index contributed by atoms with van der Waals surface area (Å²) in [4.78, 5) is 29.6. The van der Waals surface area contributed by atoms with Crippen molar-refractivity contribution in [3.63, 3.8) is 0 Å². The molecule has 41 heavy (non-hydrogen) atoms. The molecule has 0 bridgehead atoms. The topological polar surface area (TPSA) is 118 Å². The number of hydrogen-bond acceptors (Lipinski definition) is 7. The van der Waals surface area contributed by atoms with E-state index in [-0.39, 0.29) is 38.9 Å². The van der Waals surface area contributed by atoms with Crippen molar-refractivity contribution >= 4 is 44.2 Å². The molecule has 0 radical (unpaired) electrons. The van der Waals surface area contributed by atoms with E-state index in [9.17, 15) is 40.0 Å². The van der Waals surface area contributed by atoms with Crippen molar-refractivity contribution in [2.75, 3.05) is 11.6 Å². The number of sulfonamides is 1. The van der Waals surface area contributed by atoms with E-state index in [0.29, 0.717) is 18.2 Å². The van der Waals surface area contributed by atoms with Gasteiger partial charge in [0.25, 0.3) is 5.91 Å². The fraction of sp³-hybridized carbons (Fsp3) is 0.192. The molecule has 15 heteroatoms. The van der Waals surface area contributed by atoms with Gasteiger partial charge in [-0.05, 0) is 50.2 Å². The van der Waals surface area contributed by atoms with Crippen LogP contribution in [0, 0.1) is 18.6 Å². The van der Waals surface area contributed by atoms with Crippen LogP contribution in [0.15, 0.2) is 51.7 Å². The number of nitrogens with one attached hydrogen (secondary N) is 2. The van der Waals surface area contributed by atoms with Crippen molar-refractivity contribution in [1.29, 1.82) is 0 Å². The molecule has 2 aromatic carbocycles. The molecule has 0 fully saturated rings. The molecule has 4 rings (SSSR count). The predicted molar refractivity (Wildman–Crippen MR) is 141 cm³/mol. The number of pyridine rings is 1. The van der Waals surface area contributed by atoms with E-state index in [2.05, 4.69) is 10.3 Å². The van der Waals surface area contributed by atoms with Gasteiger partial charge >= 0.3 is 6.18 Å². The van der Waals surface area contributed by atoms with Crippen LogP contribution in [0.1, 0.15) is 40.1 Å². The molecule has 2 heterocycles. The summed E-state index contributed by atoms with van der Waals surface area (Å²) in [6.07, 6.45) is -4.15. The summed E-state index contributed by atoms with van der Waals surface area (Å²) in [5.74, 6) is -3.46. The average molecular weight is 616 g/mol. The van der Waals surface area contributed by atoms with E-state index in [0.717, 1.165) is 18.4 Å². The lowest BCUT2D eigenvalue weighted by molar-refractivity contribution is -0.137. The van der Waals surface area contributed by atoms with Crippen LogP contribution in [-0.4, -0.2) is 25.6 Å². The number of fused-ring (bicyclic) bond motifs is 1. The quantitative estimate of drug-likeness (QED) is 0.202. The zero-order chi connectivity index (χ0) is 30.4. The number of halogens is 6. The first-order valence-electron chi connectivity index (χ1n) is 11.6. The highest BCUT2D eigenvalue weighted by Crippen LogP contribution is 2.38. The van der Waals surface area contributed by atoms with Gasteiger partial charge in [-0.25, -0.2) is 26.9 Å². The van der Waals surface area contributed by atoms with Crippen molar-refractivity contribution in [1.82, 2.24) is 9.71 Å². The molecule has 8 nitrogen and oxygen atoms in total. The lowest BCUT2D eigenvalue weighted by Crippen LogP contribution is -2.31. The molecular weight excluding hydrogens is 597 g/mol. The minimum Gasteiger partial charge on any atom is -0.455 e. The Bertz CT molecular complexity index is 1880. The number of carbonyl (C=O) groups excluding carboxylic acids is 1. The van der Waals surface area contributed by atoms with Crippen LogP contribution < -0.4 is 15.5 Å². The van der Waals surface area contributed by atoms with Crippen LogP contribution in [0.2, 0.25) is 5.15 Å². The van der Waals surface area contributed by atoms with Gasteiger partial charge in [-0.1, -0.05) is 11.6 Å². The third-order valence-corrected chi connectivity index (χ3v) is 6.71. The van der Waals surface area contributed by atoms with E-state index >= 15 is 0 Å². The van der Waals surface area contributed by atoms with Gasteiger partial charge in [-0.15, -0.1) is 0 Å². The Balaban J connectivity index is 1.94. The molecule has 1 amide bonds. The zero-order valence-corrected chi connectivity index (χ0v) is 22.9. The standard InChI is InChI=1S/C26H19ClF5N3O5S/c1-11-22(36)17-9-13(26(30,31)32)8-16(24(17)40-23(11)15-5-4-14(28)10-18(15)29)12(2)33-19-6-7-20(27)34-21(19)25(37)35-41(3,38)39/h4-10,12,33H,1-3H3,(H,35,37). The molecule has 0 aliphatic heterocycles. The van der Waals surface area contributed by atoms with Crippen LogP contribution >= 0.6 is 11.6 Å². The monoisotopic (exact) mass is 615 g/mol. The van der Waals surface area contributed by atoms with Crippen LogP contribution in [0.4, 0.5) is 27.6 Å².